The standard InChI is InChI=1S/C25H30N6O2/c32-25(16-30-19-26-18-28-30)31-12-6-4-7-20-13-29(15-23(20)31)14-21-8-1-2-10-24(21)33-17-22-9-3-5-11-27-22/h1-3,5,8-11,18-20,23H,4,6-7,12-17H2/t20-,23+/m0/s1. The summed E-state index contributed by atoms with van der Waals surface area (Å²) < 4.78 is 7.74. The number of para-hydroxylation sites is 1. The smallest absolute Gasteiger partial charge is 0.244 e. The van der Waals surface area contributed by atoms with Crippen LogP contribution >= 0.6 is 0 Å². The Kier molecular flexibility index (Phi) is 6.62. The number of aromatic nitrogens is 4. The highest BCUT2D eigenvalue weighted by atomic mass is 16.5. The highest BCUT2D eigenvalue weighted by molar-refractivity contribution is 5.76. The van der Waals surface area contributed by atoms with Crippen molar-refractivity contribution in [2.24, 2.45) is 5.92 Å². The van der Waals surface area contributed by atoms with Gasteiger partial charge in [0.05, 0.1) is 5.69 Å². The number of rotatable bonds is 7. The molecular formula is C25H30N6O2. The second-order valence-corrected chi connectivity index (χ2v) is 8.91. The molecule has 2 atom stereocenters. The molecule has 0 spiro atoms. The molecule has 0 N–H and O–H groups in total. The molecule has 8 heteroatoms. The number of carbonyl (C=O) groups is 1. The maximum absolute atomic E-state index is 13.1. The zero-order valence-corrected chi connectivity index (χ0v) is 18.8. The summed E-state index contributed by atoms with van der Waals surface area (Å²) in [6, 6.07) is 14.3. The van der Waals surface area contributed by atoms with Crippen molar-refractivity contribution in [1.29, 1.82) is 0 Å². The van der Waals surface area contributed by atoms with Crippen LogP contribution in [-0.2, 0) is 24.5 Å². The predicted octanol–water partition coefficient (Wildman–Crippen LogP) is 2.77. The molecule has 2 aliphatic rings. The monoisotopic (exact) mass is 446 g/mol. The zero-order valence-electron chi connectivity index (χ0n) is 18.8. The Labute approximate surface area is 194 Å². The van der Waals surface area contributed by atoms with Crippen molar-refractivity contribution in [2.45, 2.75) is 45.0 Å². The van der Waals surface area contributed by atoms with Crippen molar-refractivity contribution < 1.29 is 9.53 Å². The van der Waals surface area contributed by atoms with Crippen LogP contribution in [0, 0.1) is 5.92 Å². The van der Waals surface area contributed by atoms with E-state index in [1.54, 1.807) is 17.2 Å². The normalized spacial score (nSPS) is 20.9. The molecule has 8 nitrogen and oxygen atoms in total. The lowest BCUT2D eigenvalue weighted by molar-refractivity contribution is -0.134. The van der Waals surface area contributed by atoms with Gasteiger partial charge in [-0.05, 0) is 37.0 Å². The first-order valence-corrected chi connectivity index (χ1v) is 11.7. The quantitative estimate of drug-likeness (QED) is 0.556. The van der Waals surface area contributed by atoms with E-state index in [-0.39, 0.29) is 18.5 Å². The molecule has 0 aliphatic carbocycles. The van der Waals surface area contributed by atoms with Crippen molar-refractivity contribution in [2.75, 3.05) is 19.6 Å². The number of likely N-dealkylation sites (tertiary alicyclic amines) is 2. The second kappa shape index (κ2) is 10.1. The second-order valence-electron chi connectivity index (χ2n) is 8.91. The molecule has 1 amide bonds. The van der Waals surface area contributed by atoms with Gasteiger partial charge >= 0.3 is 0 Å². The van der Waals surface area contributed by atoms with Crippen LogP contribution in [0.4, 0.5) is 0 Å². The molecule has 3 aromatic rings. The molecule has 5 rings (SSSR count). The molecule has 2 aliphatic heterocycles. The first-order chi connectivity index (χ1) is 16.3. The minimum Gasteiger partial charge on any atom is -0.487 e. The van der Waals surface area contributed by atoms with Crippen LogP contribution in [0.5, 0.6) is 5.75 Å². The number of amides is 1. The average Bonchev–Trinajstić information content (AvgIpc) is 3.45. The van der Waals surface area contributed by atoms with Crippen LogP contribution in [0.15, 0.2) is 61.3 Å². The van der Waals surface area contributed by atoms with Crippen molar-refractivity contribution in [3.8, 4) is 5.75 Å². The fourth-order valence-electron chi connectivity index (χ4n) is 5.07. The van der Waals surface area contributed by atoms with E-state index in [0.29, 0.717) is 12.5 Å². The Hall–Kier alpha value is -3.26. The molecular weight excluding hydrogens is 416 g/mol. The molecule has 0 radical (unpaired) electrons. The Morgan fingerprint density at radius 2 is 2.00 bits per heavy atom. The van der Waals surface area contributed by atoms with Gasteiger partial charge < -0.3 is 9.64 Å². The third kappa shape index (κ3) is 5.22. The van der Waals surface area contributed by atoms with Gasteiger partial charge in [0, 0.05) is 44.0 Å². The van der Waals surface area contributed by atoms with E-state index >= 15 is 0 Å². The number of pyridine rings is 1. The van der Waals surface area contributed by atoms with Gasteiger partial charge in [0.25, 0.3) is 0 Å². The molecule has 2 saturated heterocycles. The van der Waals surface area contributed by atoms with Crippen LogP contribution in [0.1, 0.15) is 30.5 Å². The van der Waals surface area contributed by atoms with E-state index in [2.05, 4.69) is 37.0 Å². The summed E-state index contributed by atoms with van der Waals surface area (Å²) in [6.07, 6.45) is 8.28. The number of fused-ring (bicyclic) bond motifs is 1. The summed E-state index contributed by atoms with van der Waals surface area (Å²) in [5.41, 5.74) is 2.09. The Morgan fingerprint density at radius 3 is 2.85 bits per heavy atom. The van der Waals surface area contributed by atoms with Crippen LogP contribution in [0.25, 0.3) is 0 Å². The topological polar surface area (TPSA) is 76.4 Å². The van der Waals surface area contributed by atoms with Gasteiger partial charge in [0.15, 0.2) is 0 Å². The molecule has 0 bridgehead atoms. The minimum atomic E-state index is 0.137. The number of hydrogen-bond acceptors (Lipinski definition) is 6. The molecule has 4 heterocycles. The third-order valence-corrected chi connectivity index (χ3v) is 6.66. The Bertz CT molecular complexity index is 1040. The maximum Gasteiger partial charge on any atom is 0.244 e. The fourth-order valence-corrected chi connectivity index (χ4v) is 5.07. The van der Waals surface area contributed by atoms with Crippen LogP contribution in [0.3, 0.4) is 0 Å². The highest BCUT2D eigenvalue weighted by Gasteiger charge is 2.39. The molecule has 2 aromatic heterocycles. The number of carbonyl (C=O) groups excluding carboxylic acids is 1. The molecule has 172 valence electrons. The van der Waals surface area contributed by atoms with E-state index in [1.807, 2.05) is 30.3 Å². The van der Waals surface area contributed by atoms with Crippen molar-refractivity contribution in [3.05, 3.63) is 72.6 Å². The van der Waals surface area contributed by atoms with Gasteiger partial charge in [-0.25, -0.2) is 9.67 Å². The van der Waals surface area contributed by atoms with Crippen LogP contribution < -0.4 is 4.74 Å². The molecule has 0 unspecified atom stereocenters. The van der Waals surface area contributed by atoms with E-state index < -0.39 is 0 Å². The number of ether oxygens (including phenoxy) is 1. The van der Waals surface area contributed by atoms with Gasteiger partial charge in [-0.3, -0.25) is 14.7 Å². The van der Waals surface area contributed by atoms with Gasteiger partial charge in [-0.2, -0.15) is 5.10 Å². The maximum atomic E-state index is 13.1. The van der Waals surface area contributed by atoms with Gasteiger partial charge in [-0.1, -0.05) is 30.7 Å². The molecule has 0 saturated carbocycles. The summed E-state index contributed by atoms with van der Waals surface area (Å²) in [5, 5.41) is 4.11. The molecule has 33 heavy (non-hydrogen) atoms. The lowest BCUT2D eigenvalue weighted by Gasteiger charge is -2.30. The predicted molar refractivity (Wildman–Crippen MR) is 123 cm³/mol. The minimum absolute atomic E-state index is 0.137. The van der Waals surface area contributed by atoms with E-state index in [4.69, 9.17) is 4.74 Å². The van der Waals surface area contributed by atoms with Gasteiger partial charge in [-0.15, -0.1) is 0 Å². The van der Waals surface area contributed by atoms with Crippen LogP contribution in [0.2, 0.25) is 0 Å². The van der Waals surface area contributed by atoms with Gasteiger partial charge in [0.1, 0.15) is 31.6 Å². The molecule has 2 fully saturated rings. The zero-order chi connectivity index (χ0) is 22.5. The molecule has 1 aromatic carbocycles. The lowest BCUT2D eigenvalue weighted by Crippen LogP contribution is -2.45. The average molecular weight is 447 g/mol. The fraction of sp³-hybridized carbons (Fsp3) is 0.440. The summed E-state index contributed by atoms with van der Waals surface area (Å²) in [7, 11) is 0. The third-order valence-electron chi connectivity index (χ3n) is 6.66. The summed E-state index contributed by atoms with van der Waals surface area (Å²) in [5.74, 6) is 1.54. The summed E-state index contributed by atoms with van der Waals surface area (Å²) in [6.45, 7) is 4.25. The van der Waals surface area contributed by atoms with Crippen molar-refractivity contribution in [1.82, 2.24) is 29.5 Å². The first-order valence-electron chi connectivity index (χ1n) is 11.7. The van der Waals surface area contributed by atoms with Crippen LogP contribution in [-0.4, -0.2) is 61.1 Å². The number of benzene rings is 1. The Morgan fingerprint density at radius 1 is 1.09 bits per heavy atom. The first kappa shape index (κ1) is 21.6. The van der Waals surface area contributed by atoms with E-state index in [9.17, 15) is 4.79 Å². The SMILES string of the molecule is O=C(Cn1cncn1)N1CCCC[C@H]2CN(Cc3ccccc3OCc3ccccn3)C[C@H]21. The summed E-state index contributed by atoms with van der Waals surface area (Å²) in [4.78, 5) is 26.0. The number of hydrogen-bond donors (Lipinski definition) is 0. The summed E-state index contributed by atoms with van der Waals surface area (Å²) >= 11 is 0. The largest absolute Gasteiger partial charge is 0.487 e. The van der Waals surface area contributed by atoms with E-state index in [0.717, 1.165) is 44.0 Å². The lowest BCUT2D eigenvalue weighted by atomic mass is 9.98. The van der Waals surface area contributed by atoms with Crippen molar-refractivity contribution in [3.63, 3.8) is 0 Å². The number of nitrogens with zero attached hydrogens (tertiary/aromatic N) is 6. The van der Waals surface area contributed by atoms with Gasteiger partial charge in [0.2, 0.25) is 5.91 Å². The van der Waals surface area contributed by atoms with E-state index in [1.165, 1.54) is 24.7 Å². The highest BCUT2D eigenvalue weighted by Crippen LogP contribution is 2.32. The van der Waals surface area contributed by atoms with Crippen molar-refractivity contribution >= 4 is 5.91 Å². The Balaban J connectivity index is 1.25.